The number of carbonyl (C=O) groups excluding carboxylic acids is 2. The molecule has 1 saturated heterocycles. The highest BCUT2D eigenvalue weighted by Crippen LogP contribution is 2.38. The Bertz CT molecular complexity index is 1220. The largest absolute Gasteiger partial charge is 0.444 e. The van der Waals surface area contributed by atoms with E-state index in [4.69, 9.17) is 9.72 Å². The molecule has 35 heavy (non-hydrogen) atoms. The topological polar surface area (TPSA) is 71.5 Å². The van der Waals surface area contributed by atoms with Gasteiger partial charge in [-0.2, -0.15) is 0 Å². The average Bonchev–Trinajstić information content (AvgIpc) is 3.44. The zero-order valence-corrected chi connectivity index (χ0v) is 22.2. The van der Waals surface area contributed by atoms with Crippen molar-refractivity contribution in [3.05, 3.63) is 52.9 Å². The number of fused-ring (bicyclic) bond motifs is 1. The minimum absolute atomic E-state index is 0.0900. The monoisotopic (exact) mass is 493 g/mol. The first-order chi connectivity index (χ1) is 16.4. The van der Waals surface area contributed by atoms with Crippen LogP contribution in [-0.2, 0) is 9.53 Å². The Balaban J connectivity index is 1.58. The molecule has 7 heteroatoms. The summed E-state index contributed by atoms with van der Waals surface area (Å²) in [5, 5.41) is 8.21. The molecule has 1 aliphatic rings. The summed E-state index contributed by atoms with van der Waals surface area (Å²) in [6, 6.07) is 13.8. The Kier molecular flexibility index (Phi) is 6.91. The van der Waals surface area contributed by atoms with E-state index in [-0.39, 0.29) is 11.9 Å². The molecule has 3 aromatic rings. The number of alkyl carbamates (subject to hydrolysis) is 1. The van der Waals surface area contributed by atoms with Gasteiger partial charge in [0.05, 0.1) is 11.7 Å². The summed E-state index contributed by atoms with van der Waals surface area (Å²) in [4.78, 5) is 33.2. The van der Waals surface area contributed by atoms with Crippen LogP contribution in [0.15, 0.2) is 47.8 Å². The van der Waals surface area contributed by atoms with E-state index in [9.17, 15) is 9.59 Å². The van der Waals surface area contributed by atoms with E-state index in [0.29, 0.717) is 6.54 Å². The van der Waals surface area contributed by atoms with Gasteiger partial charge < -0.3 is 15.0 Å². The fourth-order valence-corrected chi connectivity index (χ4v) is 5.51. The number of nitrogens with zero attached hydrogens (tertiary/aromatic N) is 2. The Morgan fingerprint density at radius 3 is 2.51 bits per heavy atom. The predicted octanol–water partition coefficient (Wildman–Crippen LogP) is 6.57. The van der Waals surface area contributed by atoms with Gasteiger partial charge >= 0.3 is 6.09 Å². The molecule has 0 bridgehead atoms. The highest BCUT2D eigenvalue weighted by molar-refractivity contribution is 7.10. The lowest BCUT2D eigenvalue weighted by atomic mass is 9.85. The van der Waals surface area contributed by atoms with Gasteiger partial charge in [0.25, 0.3) is 0 Å². The number of hydrogen-bond acceptors (Lipinski definition) is 5. The van der Waals surface area contributed by atoms with Gasteiger partial charge in [-0.25, -0.2) is 9.78 Å². The smallest absolute Gasteiger partial charge is 0.408 e. The van der Waals surface area contributed by atoms with E-state index in [1.165, 1.54) is 10.8 Å². The number of likely N-dealkylation sites (tertiary alicyclic amines) is 1. The number of aromatic nitrogens is 1. The second kappa shape index (κ2) is 9.61. The van der Waals surface area contributed by atoms with E-state index in [1.54, 1.807) is 11.3 Å². The normalized spacial score (nSPS) is 17.4. The zero-order valence-electron chi connectivity index (χ0n) is 21.4. The van der Waals surface area contributed by atoms with Gasteiger partial charge in [0.1, 0.15) is 16.7 Å². The molecule has 186 valence electrons. The summed E-state index contributed by atoms with van der Waals surface area (Å²) in [6.07, 6.45) is 1.19. The molecule has 1 N–H and O–H groups in total. The summed E-state index contributed by atoms with van der Waals surface area (Å²) in [7, 11) is 0. The molecule has 1 aliphatic heterocycles. The molecule has 2 atom stereocenters. The lowest BCUT2D eigenvalue weighted by molar-refractivity contribution is -0.137. The molecule has 2 aromatic carbocycles. The maximum Gasteiger partial charge on any atom is 0.408 e. The van der Waals surface area contributed by atoms with Crippen molar-refractivity contribution < 1.29 is 14.3 Å². The molecule has 6 nitrogen and oxygen atoms in total. The highest BCUT2D eigenvalue weighted by Gasteiger charge is 2.41. The summed E-state index contributed by atoms with van der Waals surface area (Å²) in [5.74, 6) is -0.0900. The molecule has 1 fully saturated rings. The molecular weight excluding hydrogens is 458 g/mol. The lowest BCUT2D eigenvalue weighted by Gasteiger charge is -2.35. The van der Waals surface area contributed by atoms with Gasteiger partial charge in [0, 0.05) is 17.5 Å². The first-order valence-corrected chi connectivity index (χ1v) is 13.1. The van der Waals surface area contributed by atoms with Crippen LogP contribution in [0.2, 0.25) is 0 Å². The third-order valence-corrected chi connectivity index (χ3v) is 7.13. The van der Waals surface area contributed by atoms with Gasteiger partial charge in [0.2, 0.25) is 5.91 Å². The van der Waals surface area contributed by atoms with Crippen molar-refractivity contribution in [2.75, 3.05) is 6.54 Å². The van der Waals surface area contributed by atoms with Crippen LogP contribution in [-0.4, -0.2) is 40.1 Å². The van der Waals surface area contributed by atoms with Crippen LogP contribution >= 0.6 is 11.3 Å². The van der Waals surface area contributed by atoms with Crippen molar-refractivity contribution in [1.29, 1.82) is 0 Å². The number of hydrogen-bond donors (Lipinski definition) is 1. The first-order valence-electron chi connectivity index (χ1n) is 12.2. The summed E-state index contributed by atoms with van der Waals surface area (Å²) < 4.78 is 5.44. The summed E-state index contributed by atoms with van der Waals surface area (Å²) in [6.45, 7) is 12.0. The van der Waals surface area contributed by atoms with E-state index in [1.807, 2.05) is 58.6 Å². The third-order valence-electron chi connectivity index (χ3n) is 6.18. The van der Waals surface area contributed by atoms with E-state index in [2.05, 4.69) is 41.0 Å². The van der Waals surface area contributed by atoms with E-state index < -0.39 is 23.2 Å². The number of rotatable bonds is 4. The van der Waals surface area contributed by atoms with Crippen LogP contribution in [0.4, 0.5) is 4.79 Å². The van der Waals surface area contributed by atoms with Crippen molar-refractivity contribution in [3.63, 3.8) is 0 Å². The second-order valence-corrected chi connectivity index (χ2v) is 12.1. The summed E-state index contributed by atoms with van der Waals surface area (Å²) in [5.41, 5.74) is 0.920. The minimum Gasteiger partial charge on any atom is -0.444 e. The van der Waals surface area contributed by atoms with Crippen LogP contribution in [0.5, 0.6) is 0 Å². The standard InChI is InChI=1S/C28H35N3O3S/c1-27(2,3)23(30-26(33)34-28(4,5)6)25(32)31-16-10-15-22(31)24-29-21(17-35-24)20-14-9-12-18-11-7-8-13-19(18)20/h7-9,11-14,17,22-23H,10,15-16H2,1-6H3,(H,30,33)/t22-,23+/m0/s1. The van der Waals surface area contributed by atoms with Gasteiger partial charge in [-0.1, -0.05) is 63.2 Å². The van der Waals surface area contributed by atoms with E-state index in [0.717, 1.165) is 29.1 Å². The zero-order chi connectivity index (χ0) is 25.4. The predicted molar refractivity (Wildman–Crippen MR) is 141 cm³/mol. The third kappa shape index (κ3) is 5.67. The van der Waals surface area contributed by atoms with Gasteiger partial charge in [-0.05, 0) is 49.8 Å². The molecule has 0 radical (unpaired) electrons. The number of carbonyl (C=O) groups is 2. The lowest BCUT2D eigenvalue weighted by Crippen LogP contribution is -2.55. The molecule has 0 unspecified atom stereocenters. The Hall–Kier alpha value is -2.93. The molecule has 4 rings (SSSR count). The first kappa shape index (κ1) is 25.2. The molecule has 0 aliphatic carbocycles. The van der Waals surface area contributed by atoms with Crippen LogP contribution in [0.1, 0.15) is 65.4 Å². The maximum absolute atomic E-state index is 13.8. The Morgan fingerprint density at radius 2 is 1.80 bits per heavy atom. The molecule has 0 saturated carbocycles. The number of nitrogens with one attached hydrogen (secondary N) is 1. The summed E-state index contributed by atoms with van der Waals surface area (Å²) >= 11 is 1.60. The van der Waals surface area contributed by atoms with Gasteiger partial charge in [0.15, 0.2) is 0 Å². The number of benzene rings is 2. The van der Waals surface area contributed by atoms with Crippen molar-refractivity contribution in [3.8, 4) is 11.3 Å². The van der Waals surface area contributed by atoms with Crippen molar-refractivity contribution in [2.45, 2.75) is 72.1 Å². The van der Waals surface area contributed by atoms with Crippen molar-refractivity contribution >= 4 is 34.1 Å². The van der Waals surface area contributed by atoms with Crippen LogP contribution in [0.25, 0.3) is 22.0 Å². The fourth-order valence-electron chi connectivity index (χ4n) is 4.54. The van der Waals surface area contributed by atoms with Crippen LogP contribution < -0.4 is 5.32 Å². The number of thiazole rings is 1. The molecule has 2 amide bonds. The molecular formula is C28H35N3O3S. The van der Waals surface area contributed by atoms with Crippen LogP contribution in [0.3, 0.4) is 0 Å². The molecule has 1 aromatic heterocycles. The Morgan fingerprint density at radius 1 is 1.09 bits per heavy atom. The highest BCUT2D eigenvalue weighted by atomic mass is 32.1. The fraction of sp³-hybridized carbons (Fsp3) is 0.464. The van der Waals surface area contributed by atoms with Gasteiger partial charge in [-0.15, -0.1) is 11.3 Å². The Labute approximate surface area is 211 Å². The van der Waals surface area contributed by atoms with E-state index >= 15 is 0 Å². The van der Waals surface area contributed by atoms with Crippen molar-refractivity contribution in [2.24, 2.45) is 5.41 Å². The van der Waals surface area contributed by atoms with Crippen molar-refractivity contribution in [1.82, 2.24) is 15.2 Å². The number of ether oxygens (including phenoxy) is 1. The SMILES string of the molecule is CC(C)(C)OC(=O)N[C@H](C(=O)N1CCC[C@H]1c1nc(-c2cccc3ccccc23)cs1)C(C)(C)C. The second-order valence-electron chi connectivity index (χ2n) is 11.2. The number of amides is 2. The molecule has 2 heterocycles. The average molecular weight is 494 g/mol. The maximum atomic E-state index is 13.8. The quantitative estimate of drug-likeness (QED) is 0.446. The van der Waals surface area contributed by atoms with Crippen LogP contribution in [0, 0.1) is 5.41 Å². The molecule has 0 spiro atoms. The van der Waals surface area contributed by atoms with Gasteiger partial charge in [-0.3, -0.25) is 4.79 Å². The minimum atomic E-state index is -0.699.